The van der Waals surface area contributed by atoms with E-state index in [0.29, 0.717) is 41.0 Å². The maximum Gasteiger partial charge on any atom is 0.257 e. The summed E-state index contributed by atoms with van der Waals surface area (Å²) >= 11 is 7.93. The molecular weight excluding hydrogens is 374 g/mol. The number of amidine groups is 1. The number of hydrogen-bond donors (Lipinski definition) is 1. The fourth-order valence-electron chi connectivity index (χ4n) is 3.16. The van der Waals surface area contributed by atoms with E-state index in [-0.39, 0.29) is 5.91 Å². The van der Waals surface area contributed by atoms with Crippen LogP contribution in [-0.4, -0.2) is 37.4 Å². The lowest BCUT2D eigenvalue weighted by atomic mass is 10.1. The minimum atomic E-state index is -0.284. The Morgan fingerprint density at radius 2 is 2.00 bits per heavy atom. The fourth-order valence-corrected chi connectivity index (χ4v) is 4.47. The van der Waals surface area contributed by atoms with E-state index in [2.05, 4.69) is 15.2 Å². The first-order chi connectivity index (χ1) is 12.7. The second kappa shape index (κ2) is 6.10. The lowest BCUT2D eigenvalue weighted by Gasteiger charge is -2.19. The third kappa shape index (κ3) is 2.59. The quantitative estimate of drug-likeness (QED) is 0.852. The van der Waals surface area contributed by atoms with Gasteiger partial charge in [0.15, 0.2) is 16.7 Å². The van der Waals surface area contributed by atoms with Crippen molar-refractivity contribution in [2.45, 2.75) is 4.90 Å². The molecule has 0 radical (unpaired) electrons. The second-order valence-electron chi connectivity index (χ2n) is 6.03. The number of thioether (sulfide) groups is 1. The van der Waals surface area contributed by atoms with Crippen molar-refractivity contribution in [3.8, 4) is 11.5 Å². The van der Waals surface area contributed by atoms with Crippen LogP contribution in [0.5, 0.6) is 11.5 Å². The summed E-state index contributed by atoms with van der Waals surface area (Å²) in [7, 11) is 0. The number of fused-ring (bicyclic) bond motifs is 4. The third-order valence-electron chi connectivity index (χ3n) is 4.39. The minimum absolute atomic E-state index is 0.284. The van der Waals surface area contributed by atoms with Gasteiger partial charge in [-0.2, -0.15) is 0 Å². The molecule has 132 valence electrons. The highest BCUT2D eigenvalue weighted by molar-refractivity contribution is 8.14. The van der Waals surface area contributed by atoms with Crippen LogP contribution in [0.3, 0.4) is 0 Å². The highest BCUT2D eigenvalue weighted by Crippen LogP contribution is 2.43. The van der Waals surface area contributed by atoms with Gasteiger partial charge >= 0.3 is 0 Å². The molecule has 0 saturated carbocycles. The lowest BCUT2D eigenvalue weighted by Crippen LogP contribution is -2.21. The first-order valence-corrected chi connectivity index (χ1v) is 9.43. The summed E-state index contributed by atoms with van der Waals surface area (Å²) in [5.41, 5.74) is 2.15. The largest absolute Gasteiger partial charge is 0.486 e. The van der Waals surface area contributed by atoms with E-state index in [1.54, 1.807) is 23.9 Å². The molecule has 3 aliphatic rings. The van der Waals surface area contributed by atoms with Crippen molar-refractivity contribution in [3.63, 3.8) is 0 Å². The summed E-state index contributed by atoms with van der Waals surface area (Å²) in [6, 6.07) is 9.11. The molecule has 0 unspecified atom stereocenters. The number of halogens is 1. The maximum absolute atomic E-state index is 12.7. The van der Waals surface area contributed by atoms with Gasteiger partial charge in [0, 0.05) is 23.2 Å². The Hall–Kier alpha value is -2.38. The molecule has 1 N–H and O–H groups in total. The number of anilines is 2. The molecule has 0 fully saturated rings. The number of carbonyl (C=O) groups excluding carboxylic acids is 1. The molecule has 6 nitrogen and oxygen atoms in total. The average Bonchev–Trinajstić information content (AvgIpc) is 3.22. The summed E-state index contributed by atoms with van der Waals surface area (Å²) in [6.45, 7) is 2.62. The highest BCUT2D eigenvalue weighted by Gasteiger charge is 2.29. The molecule has 3 aliphatic heterocycles. The predicted octanol–water partition coefficient (Wildman–Crippen LogP) is 3.65. The van der Waals surface area contributed by atoms with E-state index in [1.165, 1.54) is 0 Å². The first-order valence-electron chi connectivity index (χ1n) is 8.23. The molecule has 26 heavy (non-hydrogen) atoms. The van der Waals surface area contributed by atoms with Gasteiger partial charge in [-0.05, 0) is 36.0 Å². The Morgan fingerprint density at radius 3 is 2.85 bits per heavy atom. The van der Waals surface area contributed by atoms with Crippen LogP contribution in [-0.2, 0) is 0 Å². The van der Waals surface area contributed by atoms with Gasteiger partial charge in [-0.3, -0.25) is 9.79 Å². The summed E-state index contributed by atoms with van der Waals surface area (Å²) in [6.07, 6.45) is 0. The Bertz CT molecular complexity index is 963. The van der Waals surface area contributed by atoms with Crippen LogP contribution >= 0.6 is 23.4 Å². The van der Waals surface area contributed by atoms with Crippen LogP contribution < -0.4 is 19.7 Å². The van der Waals surface area contributed by atoms with Crippen molar-refractivity contribution < 1.29 is 14.3 Å². The van der Waals surface area contributed by atoms with Crippen molar-refractivity contribution in [3.05, 3.63) is 40.9 Å². The molecular formula is C18H14ClN3O3S. The van der Waals surface area contributed by atoms with E-state index in [1.807, 2.05) is 18.2 Å². The number of nitrogens with one attached hydrogen (secondary N) is 1. The van der Waals surface area contributed by atoms with Gasteiger partial charge in [0.05, 0.1) is 22.8 Å². The van der Waals surface area contributed by atoms with Crippen LogP contribution in [0.25, 0.3) is 0 Å². The van der Waals surface area contributed by atoms with E-state index >= 15 is 0 Å². The van der Waals surface area contributed by atoms with Gasteiger partial charge in [-0.1, -0.05) is 11.6 Å². The molecule has 0 atom stereocenters. The first kappa shape index (κ1) is 15.8. The maximum atomic E-state index is 12.7. The number of ether oxygens (including phenoxy) is 2. The van der Waals surface area contributed by atoms with Crippen LogP contribution in [0.2, 0.25) is 5.02 Å². The monoisotopic (exact) mass is 387 g/mol. The van der Waals surface area contributed by atoms with Gasteiger partial charge in [0.25, 0.3) is 5.91 Å². The number of aliphatic imine (C=N–C) groups is 1. The molecule has 0 spiro atoms. The Balaban J connectivity index is 1.41. The average molecular weight is 388 g/mol. The second-order valence-corrected chi connectivity index (χ2v) is 7.45. The van der Waals surface area contributed by atoms with E-state index < -0.39 is 0 Å². The van der Waals surface area contributed by atoms with Gasteiger partial charge < -0.3 is 19.7 Å². The number of rotatable bonds is 2. The highest BCUT2D eigenvalue weighted by atomic mass is 35.5. The molecule has 1 amide bonds. The van der Waals surface area contributed by atoms with E-state index in [4.69, 9.17) is 21.1 Å². The molecule has 0 saturated heterocycles. The lowest BCUT2D eigenvalue weighted by molar-refractivity contribution is 0.102. The van der Waals surface area contributed by atoms with Gasteiger partial charge in [-0.15, -0.1) is 0 Å². The zero-order valence-electron chi connectivity index (χ0n) is 13.6. The normalized spacial score (nSPS) is 16.8. The van der Waals surface area contributed by atoms with Gasteiger partial charge in [-0.25, -0.2) is 0 Å². The molecule has 0 aromatic heterocycles. The minimum Gasteiger partial charge on any atom is -0.486 e. The van der Waals surface area contributed by atoms with Crippen LogP contribution in [0, 0.1) is 0 Å². The SMILES string of the molecule is O=C(Nc1ccc2c(c1)N1CCN=C1S2)c1cc2c(cc1Cl)OCCO2. The summed E-state index contributed by atoms with van der Waals surface area (Å²) < 4.78 is 11.0. The Labute approximate surface area is 159 Å². The zero-order chi connectivity index (χ0) is 17.7. The van der Waals surface area contributed by atoms with E-state index in [9.17, 15) is 4.79 Å². The molecule has 2 aromatic rings. The summed E-state index contributed by atoms with van der Waals surface area (Å²) in [5, 5.41) is 4.28. The third-order valence-corrected chi connectivity index (χ3v) is 5.80. The van der Waals surface area contributed by atoms with Gasteiger partial charge in [0.2, 0.25) is 0 Å². The van der Waals surface area contributed by atoms with Crippen LogP contribution in [0.4, 0.5) is 11.4 Å². The van der Waals surface area contributed by atoms with Crippen molar-refractivity contribution >= 4 is 45.8 Å². The predicted molar refractivity (Wildman–Crippen MR) is 102 cm³/mol. The number of hydrogen-bond acceptors (Lipinski definition) is 6. The molecule has 2 aromatic carbocycles. The smallest absolute Gasteiger partial charge is 0.257 e. The van der Waals surface area contributed by atoms with Crippen molar-refractivity contribution in [2.24, 2.45) is 4.99 Å². The Kier molecular flexibility index (Phi) is 3.72. The topological polar surface area (TPSA) is 63.2 Å². The fraction of sp³-hybridized carbons (Fsp3) is 0.222. The summed E-state index contributed by atoms with van der Waals surface area (Å²) in [5.74, 6) is 0.815. The molecule has 5 rings (SSSR count). The number of amides is 1. The zero-order valence-corrected chi connectivity index (χ0v) is 15.2. The standard InChI is InChI=1S/C18H14ClN3O3S/c19-12-9-15-14(24-5-6-25-15)8-11(12)17(23)21-10-1-2-16-13(7-10)22-4-3-20-18(22)26-16/h1-2,7-9H,3-6H2,(H,21,23). The molecule has 3 heterocycles. The van der Waals surface area contributed by atoms with Crippen LogP contribution in [0.15, 0.2) is 40.2 Å². The van der Waals surface area contributed by atoms with Crippen molar-refractivity contribution in [1.82, 2.24) is 0 Å². The Morgan fingerprint density at radius 1 is 1.19 bits per heavy atom. The van der Waals surface area contributed by atoms with Crippen molar-refractivity contribution in [1.29, 1.82) is 0 Å². The van der Waals surface area contributed by atoms with Gasteiger partial charge in [0.1, 0.15) is 13.2 Å². The molecule has 0 aliphatic carbocycles. The van der Waals surface area contributed by atoms with Crippen LogP contribution in [0.1, 0.15) is 10.4 Å². The molecule has 8 heteroatoms. The van der Waals surface area contributed by atoms with E-state index in [0.717, 1.165) is 28.8 Å². The number of carbonyl (C=O) groups is 1. The number of benzene rings is 2. The number of nitrogens with zero attached hydrogens (tertiary/aromatic N) is 2. The summed E-state index contributed by atoms with van der Waals surface area (Å²) in [4.78, 5) is 20.5. The van der Waals surface area contributed by atoms with Crippen molar-refractivity contribution in [2.75, 3.05) is 36.5 Å². The molecule has 0 bridgehead atoms.